The third-order valence-electron chi connectivity index (χ3n) is 3.35. The molecular weight excluding hydrogens is 166 g/mol. The van der Waals surface area contributed by atoms with Gasteiger partial charge in [-0.1, -0.05) is 13.8 Å². The van der Waals surface area contributed by atoms with Gasteiger partial charge in [0, 0.05) is 13.1 Å². The molecule has 0 radical (unpaired) electrons. The van der Waals surface area contributed by atoms with Crippen molar-refractivity contribution in [2.45, 2.75) is 32.8 Å². The molecule has 2 unspecified atom stereocenters. The van der Waals surface area contributed by atoms with Crippen LogP contribution in [0, 0.1) is 11.3 Å². The molecule has 0 bridgehead atoms. The molecule has 0 aromatic carbocycles. The molecule has 3 heteroatoms. The molecule has 74 valence electrons. The van der Waals surface area contributed by atoms with E-state index in [-0.39, 0.29) is 5.91 Å². The van der Waals surface area contributed by atoms with Crippen LogP contribution >= 0.6 is 0 Å². The van der Waals surface area contributed by atoms with Gasteiger partial charge >= 0.3 is 0 Å². The number of rotatable bonds is 2. The first-order valence-electron chi connectivity index (χ1n) is 4.95. The Morgan fingerprint density at radius 1 is 1.62 bits per heavy atom. The van der Waals surface area contributed by atoms with Crippen molar-refractivity contribution in [3.8, 4) is 0 Å². The predicted octanol–water partition coefficient (Wildman–Crippen LogP) is 0.626. The van der Waals surface area contributed by atoms with Crippen molar-refractivity contribution in [1.82, 2.24) is 4.90 Å². The highest BCUT2D eigenvalue weighted by molar-refractivity contribution is 5.79. The van der Waals surface area contributed by atoms with Crippen LogP contribution < -0.4 is 0 Å². The van der Waals surface area contributed by atoms with E-state index < -0.39 is 6.10 Å². The third kappa shape index (κ3) is 1.70. The molecule has 1 N–H and O–H groups in total. The lowest BCUT2D eigenvalue weighted by atomic mass is 10.1. The maximum Gasteiger partial charge on any atom is 0.225 e. The van der Waals surface area contributed by atoms with Crippen LogP contribution in [-0.2, 0) is 4.79 Å². The van der Waals surface area contributed by atoms with Crippen molar-refractivity contribution in [2.75, 3.05) is 13.1 Å². The minimum absolute atomic E-state index is 0.121. The predicted molar refractivity (Wildman–Crippen MR) is 49.1 cm³/mol. The molecule has 13 heavy (non-hydrogen) atoms. The van der Waals surface area contributed by atoms with E-state index in [0.717, 1.165) is 6.54 Å². The number of aliphatic hydroxyl groups is 1. The first-order valence-corrected chi connectivity index (χ1v) is 4.95. The average molecular weight is 183 g/mol. The van der Waals surface area contributed by atoms with Crippen LogP contribution in [0.4, 0.5) is 0 Å². The van der Waals surface area contributed by atoms with Gasteiger partial charge in [0.25, 0.3) is 0 Å². The van der Waals surface area contributed by atoms with Crippen molar-refractivity contribution in [3.63, 3.8) is 0 Å². The highest BCUT2D eigenvalue weighted by Crippen LogP contribution is 2.52. The number of carbonyl (C=O) groups excluding carboxylic acids is 1. The number of likely N-dealkylation sites (tertiary alicyclic amines) is 1. The summed E-state index contributed by atoms with van der Waals surface area (Å²) in [4.78, 5) is 13.1. The highest BCUT2D eigenvalue weighted by atomic mass is 16.3. The van der Waals surface area contributed by atoms with E-state index in [1.807, 2.05) is 4.90 Å². The summed E-state index contributed by atoms with van der Waals surface area (Å²) >= 11 is 0. The second kappa shape index (κ2) is 2.71. The maximum atomic E-state index is 11.3. The SMILES string of the molecule is CC1(C)CC1CN1CC(O)CC1=O. The number of nitrogens with zero attached hydrogens (tertiary/aromatic N) is 1. The van der Waals surface area contributed by atoms with Crippen molar-refractivity contribution < 1.29 is 9.90 Å². The summed E-state index contributed by atoms with van der Waals surface area (Å²) in [6.45, 7) is 5.86. The number of hydrogen-bond donors (Lipinski definition) is 1. The van der Waals surface area contributed by atoms with Crippen molar-refractivity contribution in [3.05, 3.63) is 0 Å². The van der Waals surface area contributed by atoms with Gasteiger partial charge < -0.3 is 10.0 Å². The van der Waals surface area contributed by atoms with Crippen molar-refractivity contribution >= 4 is 5.91 Å². The topological polar surface area (TPSA) is 40.5 Å². The van der Waals surface area contributed by atoms with Crippen molar-refractivity contribution in [2.24, 2.45) is 11.3 Å². The molecule has 2 rings (SSSR count). The number of carbonyl (C=O) groups is 1. The third-order valence-corrected chi connectivity index (χ3v) is 3.35. The highest BCUT2D eigenvalue weighted by Gasteiger charge is 2.47. The summed E-state index contributed by atoms with van der Waals surface area (Å²) in [7, 11) is 0. The van der Waals surface area contributed by atoms with E-state index in [9.17, 15) is 9.90 Å². The summed E-state index contributed by atoms with van der Waals surface area (Å²) in [6.07, 6.45) is 1.12. The lowest BCUT2D eigenvalue weighted by Crippen LogP contribution is -2.28. The number of hydrogen-bond acceptors (Lipinski definition) is 2. The van der Waals surface area contributed by atoms with Gasteiger partial charge in [0.05, 0.1) is 12.5 Å². The monoisotopic (exact) mass is 183 g/mol. The van der Waals surface area contributed by atoms with Crippen molar-refractivity contribution in [1.29, 1.82) is 0 Å². The fourth-order valence-electron chi connectivity index (χ4n) is 2.08. The zero-order valence-electron chi connectivity index (χ0n) is 8.29. The Morgan fingerprint density at radius 2 is 2.23 bits per heavy atom. The fourth-order valence-corrected chi connectivity index (χ4v) is 2.08. The van der Waals surface area contributed by atoms with Gasteiger partial charge in [-0.3, -0.25) is 4.79 Å². The second-order valence-corrected chi connectivity index (χ2v) is 5.05. The standard InChI is InChI=1S/C10H17NO2/c1-10(2)4-7(10)5-11-6-8(12)3-9(11)13/h7-8,12H,3-6H2,1-2H3. The number of aliphatic hydroxyl groups excluding tert-OH is 1. The number of β-amino-alcohol motifs (C(OH)–C–C–N with tert-alkyl or cyclic N) is 1. The largest absolute Gasteiger partial charge is 0.391 e. The second-order valence-electron chi connectivity index (χ2n) is 5.05. The van der Waals surface area contributed by atoms with E-state index in [2.05, 4.69) is 13.8 Å². The molecule has 2 fully saturated rings. The molecule has 1 aliphatic carbocycles. The van der Waals surface area contributed by atoms with Crippen LogP contribution in [0.25, 0.3) is 0 Å². The molecule has 1 saturated carbocycles. The van der Waals surface area contributed by atoms with Crippen LogP contribution in [0.3, 0.4) is 0 Å². The Kier molecular flexibility index (Phi) is 1.88. The molecule has 1 heterocycles. The van der Waals surface area contributed by atoms with Gasteiger partial charge in [0.1, 0.15) is 0 Å². The zero-order chi connectivity index (χ0) is 9.64. The lowest BCUT2D eigenvalue weighted by Gasteiger charge is -2.16. The summed E-state index contributed by atoms with van der Waals surface area (Å²) < 4.78 is 0. The van der Waals surface area contributed by atoms with Crippen LogP contribution in [0.1, 0.15) is 26.7 Å². The summed E-state index contributed by atoms with van der Waals surface area (Å²) in [5.74, 6) is 0.775. The minimum Gasteiger partial charge on any atom is -0.391 e. The Balaban J connectivity index is 1.86. The Hall–Kier alpha value is -0.570. The Labute approximate surface area is 78.7 Å². The molecular formula is C10H17NO2. The van der Waals surface area contributed by atoms with Gasteiger partial charge in [-0.2, -0.15) is 0 Å². The summed E-state index contributed by atoms with van der Waals surface area (Å²) in [5.41, 5.74) is 0.424. The van der Waals surface area contributed by atoms with E-state index >= 15 is 0 Å². The summed E-state index contributed by atoms with van der Waals surface area (Å²) in [6, 6.07) is 0. The van der Waals surface area contributed by atoms with Gasteiger partial charge in [0.15, 0.2) is 0 Å². The van der Waals surface area contributed by atoms with E-state index in [4.69, 9.17) is 0 Å². The van der Waals surface area contributed by atoms with Gasteiger partial charge in [-0.25, -0.2) is 0 Å². The first kappa shape index (κ1) is 9.00. The number of amides is 1. The fraction of sp³-hybridized carbons (Fsp3) is 0.900. The van der Waals surface area contributed by atoms with Crippen LogP contribution in [0.2, 0.25) is 0 Å². The molecule has 2 atom stereocenters. The van der Waals surface area contributed by atoms with Crippen LogP contribution in [0.5, 0.6) is 0 Å². The van der Waals surface area contributed by atoms with Crippen LogP contribution in [-0.4, -0.2) is 35.1 Å². The normalized spacial score (nSPS) is 36.8. The molecule has 1 aliphatic heterocycles. The maximum absolute atomic E-state index is 11.3. The minimum atomic E-state index is -0.422. The van der Waals surface area contributed by atoms with E-state index in [0.29, 0.717) is 24.3 Å². The first-order chi connectivity index (χ1) is 5.99. The molecule has 0 aromatic heterocycles. The van der Waals surface area contributed by atoms with Gasteiger partial charge in [-0.15, -0.1) is 0 Å². The smallest absolute Gasteiger partial charge is 0.225 e. The molecule has 3 nitrogen and oxygen atoms in total. The molecule has 1 amide bonds. The molecule has 1 saturated heterocycles. The van der Waals surface area contributed by atoms with Gasteiger partial charge in [-0.05, 0) is 17.8 Å². The van der Waals surface area contributed by atoms with E-state index in [1.54, 1.807) is 0 Å². The van der Waals surface area contributed by atoms with Gasteiger partial charge in [0.2, 0.25) is 5.91 Å². The van der Waals surface area contributed by atoms with Crippen LogP contribution in [0.15, 0.2) is 0 Å². The molecule has 0 aromatic rings. The average Bonchev–Trinajstić information content (AvgIpc) is 2.43. The zero-order valence-corrected chi connectivity index (χ0v) is 8.29. The Bertz CT molecular complexity index is 237. The molecule has 2 aliphatic rings. The lowest BCUT2D eigenvalue weighted by molar-refractivity contribution is -0.128. The quantitative estimate of drug-likeness (QED) is 0.682. The Morgan fingerprint density at radius 3 is 2.62 bits per heavy atom. The van der Waals surface area contributed by atoms with E-state index in [1.165, 1.54) is 6.42 Å². The molecule has 0 spiro atoms. The summed E-state index contributed by atoms with van der Waals surface area (Å²) in [5, 5.41) is 9.27.